The molecule has 1 aromatic carbocycles. The Bertz CT molecular complexity index is 774. The van der Waals surface area contributed by atoms with Crippen molar-refractivity contribution in [1.82, 2.24) is 5.32 Å². The monoisotopic (exact) mass is 377 g/mol. The Morgan fingerprint density at radius 3 is 2.81 bits per heavy atom. The highest BCUT2D eigenvalue weighted by molar-refractivity contribution is 5.93. The smallest absolute Gasteiger partial charge is 0.340 e. The quantitative estimate of drug-likeness (QED) is 0.644. The van der Waals surface area contributed by atoms with Crippen LogP contribution in [0.4, 0.5) is 15.8 Å². The molecule has 0 bridgehead atoms. The molecule has 1 amide bonds. The van der Waals surface area contributed by atoms with Gasteiger partial charge in [0.1, 0.15) is 5.82 Å². The molecular formula is C19H24FN3O4. The van der Waals surface area contributed by atoms with Gasteiger partial charge in [0, 0.05) is 44.1 Å². The van der Waals surface area contributed by atoms with Crippen LogP contribution in [0, 0.1) is 17.2 Å². The van der Waals surface area contributed by atoms with Crippen LogP contribution in [-0.4, -0.2) is 56.4 Å². The van der Waals surface area contributed by atoms with Gasteiger partial charge in [0.15, 0.2) is 0 Å². The van der Waals surface area contributed by atoms with E-state index in [0.717, 1.165) is 12.8 Å². The van der Waals surface area contributed by atoms with Crippen LogP contribution in [0.15, 0.2) is 12.1 Å². The fourth-order valence-corrected chi connectivity index (χ4v) is 4.00. The van der Waals surface area contributed by atoms with Crippen LogP contribution in [0.1, 0.15) is 29.6 Å². The van der Waals surface area contributed by atoms with E-state index in [1.807, 2.05) is 4.90 Å². The fourth-order valence-electron chi connectivity index (χ4n) is 4.00. The van der Waals surface area contributed by atoms with Crippen LogP contribution in [0.3, 0.4) is 0 Å². The van der Waals surface area contributed by atoms with E-state index in [1.165, 1.54) is 19.2 Å². The average molecular weight is 377 g/mol. The molecule has 2 saturated heterocycles. The number of ether oxygens (including phenoxy) is 1. The maximum absolute atomic E-state index is 14.5. The topological polar surface area (TPSA) is 90.9 Å². The number of nitrogens with one attached hydrogen (secondary N) is 2. The Morgan fingerprint density at radius 2 is 2.22 bits per heavy atom. The predicted octanol–water partition coefficient (Wildman–Crippen LogP) is 1.12. The summed E-state index contributed by atoms with van der Waals surface area (Å²) in [4.78, 5) is 25.4. The highest BCUT2D eigenvalue weighted by Crippen LogP contribution is 2.43. The SMILES string of the molecule is COC(=O)c1cc(NCC(O)C2CC2)c(N2CC3(CNC(=O)C3)C2)cc1F. The molecule has 0 aromatic heterocycles. The molecular weight excluding hydrogens is 353 g/mol. The summed E-state index contributed by atoms with van der Waals surface area (Å²) in [5.74, 6) is -1.03. The third kappa shape index (κ3) is 3.45. The van der Waals surface area contributed by atoms with Crippen molar-refractivity contribution >= 4 is 23.3 Å². The zero-order valence-electron chi connectivity index (χ0n) is 15.3. The standard InChI is InChI=1S/C19H24FN3O4/c1-27-18(26)12-4-14(21-7-16(24)11-2-3-11)15(5-13(12)20)23-9-19(10-23)6-17(25)22-8-19/h4-5,11,16,21,24H,2-3,6-10H2,1H3,(H,22,25). The van der Waals surface area contributed by atoms with Gasteiger partial charge in [-0.2, -0.15) is 0 Å². The molecule has 1 aromatic rings. The van der Waals surface area contributed by atoms with Gasteiger partial charge in [-0.15, -0.1) is 0 Å². The molecule has 8 heteroatoms. The lowest BCUT2D eigenvalue weighted by Crippen LogP contribution is -2.57. The molecule has 3 N–H and O–H groups in total. The largest absolute Gasteiger partial charge is 0.465 e. The lowest BCUT2D eigenvalue weighted by atomic mass is 9.78. The van der Waals surface area contributed by atoms with Gasteiger partial charge in [-0.3, -0.25) is 4.79 Å². The number of halogens is 1. The van der Waals surface area contributed by atoms with Crippen LogP contribution < -0.4 is 15.5 Å². The molecule has 0 radical (unpaired) electrons. The fraction of sp³-hybridized carbons (Fsp3) is 0.579. The third-order valence-electron chi connectivity index (χ3n) is 5.75. The van der Waals surface area contributed by atoms with Crippen molar-refractivity contribution in [3.8, 4) is 0 Å². The first-order valence-electron chi connectivity index (χ1n) is 9.26. The van der Waals surface area contributed by atoms with Crippen molar-refractivity contribution in [3.05, 3.63) is 23.5 Å². The van der Waals surface area contributed by atoms with E-state index in [2.05, 4.69) is 15.4 Å². The zero-order valence-corrected chi connectivity index (χ0v) is 15.3. The number of benzene rings is 1. The first-order valence-corrected chi connectivity index (χ1v) is 9.26. The van der Waals surface area contributed by atoms with Crippen LogP contribution in [0.5, 0.6) is 0 Å². The molecule has 4 rings (SSSR count). The minimum absolute atomic E-state index is 0.0489. The van der Waals surface area contributed by atoms with Crippen LogP contribution in [0.2, 0.25) is 0 Å². The summed E-state index contributed by atoms with van der Waals surface area (Å²) >= 11 is 0. The molecule has 1 aliphatic carbocycles. The number of aliphatic hydroxyl groups excluding tert-OH is 1. The first-order chi connectivity index (χ1) is 12.9. The normalized spacial score (nSPS) is 21.6. The van der Waals surface area contributed by atoms with Gasteiger partial charge in [-0.1, -0.05) is 0 Å². The van der Waals surface area contributed by atoms with E-state index in [1.54, 1.807) is 0 Å². The van der Waals surface area contributed by atoms with Gasteiger partial charge in [0.2, 0.25) is 5.91 Å². The van der Waals surface area contributed by atoms with Gasteiger partial charge in [0.05, 0.1) is 30.2 Å². The number of carbonyl (C=O) groups excluding carboxylic acids is 2. The van der Waals surface area contributed by atoms with Gasteiger partial charge >= 0.3 is 5.97 Å². The number of aliphatic hydroxyl groups is 1. The molecule has 146 valence electrons. The van der Waals surface area contributed by atoms with Crippen molar-refractivity contribution in [3.63, 3.8) is 0 Å². The summed E-state index contributed by atoms with van der Waals surface area (Å²) in [6.45, 7) is 2.25. The average Bonchev–Trinajstić information content (AvgIpc) is 3.40. The van der Waals surface area contributed by atoms with E-state index in [9.17, 15) is 19.1 Å². The van der Waals surface area contributed by atoms with Crippen molar-refractivity contribution in [2.75, 3.05) is 43.5 Å². The third-order valence-corrected chi connectivity index (χ3v) is 5.75. The molecule has 3 fully saturated rings. The molecule has 1 spiro atoms. The second-order valence-corrected chi connectivity index (χ2v) is 7.94. The zero-order chi connectivity index (χ0) is 19.2. The second kappa shape index (κ2) is 6.67. The Morgan fingerprint density at radius 1 is 1.48 bits per heavy atom. The van der Waals surface area contributed by atoms with E-state index >= 15 is 0 Å². The summed E-state index contributed by atoms with van der Waals surface area (Å²) in [5.41, 5.74) is 0.980. The molecule has 1 saturated carbocycles. The van der Waals surface area contributed by atoms with Crippen LogP contribution in [0.25, 0.3) is 0 Å². The number of hydrogen-bond acceptors (Lipinski definition) is 6. The summed E-state index contributed by atoms with van der Waals surface area (Å²) in [7, 11) is 1.21. The second-order valence-electron chi connectivity index (χ2n) is 7.94. The van der Waals surface area contributed by atoms with Crippen molar-refractivity contribution < 1.29 is 23.8 Å². The molecule has 1 atom stereocenters. The van der Waals surface area contributed by atoms with E-state index in [0.29, 0.717) is 49.9 Å². The van der Waals surface area contributed by atoms with Crippen molar-refractivity contribution in [2.45, 2.75) is 25.4 Å². The number of carbonyl (C=O) groups is 2. The Labute approximate surface area is 156 Å². The first kappa shape index (κ1) is 18.0. The van der Waals surface area contributed by atoms with Gasteiger partial charge in [0.25, 0.3) is 0 Å². The van der Waals surface area contributed by atoms with E-state index < -0.39 is 17.9 Å². The highest BCUT2D eigenvalue weighted by atomic mass is 19.1. The summed E-state index contributed by atoms with van der Waals surface area (Å²) < 4.78 is 19.1. The van der Waals surface area contributed by atoms with Gasteiger partial charge < -0.3 is 25.4 Å². The Kier molecular flexibility index (Phi) is 4.46. The van der Waals surface area contributed by atoms with Crippen LogP contribution >= 0.6 is 0 Å². The number of anilines is 2. The highest BCUT2D eigenvalue weighted by Gasteiger charge is 2.48. The van der Waals surface area contributed by atoms with Gasteiger partial charge in [-0.25, -0.2) is 9.18 Å². The van der Waals surface area contributed by atoms with Crippen LogP contribution in [-0.2, 0) is 9.53 Å². The number of methoxy groups -OCH3 is 1. The Hall–Kier alpha value is -2.35. The number of esters is 1. The number of amides is 1. The molecule has 3 aliphatic rings. The lowest BCUT2D eigenvalue weighted by molar-refractivity contribution is -0.119. The Balaban J connectivity index is 1.56. The van der Waals surface area contributed by atoms with Crippen molar-refractivity contribution in [1.29, 1.82) is 0 Å². The van der Waals surface area contributed by atoms with E-state index in [4.69, 9.17) is 0 Å². The van der Waals surface area contributed by atoms with E-state index in [-0.39, 0.29) is 16.9 Å². The lowest BCUT2D eigenvalue weighted by Gasteiger charge is -2.49. The number of rotatable bonds is 6. The summed E-state index contributed by atoms with van der Waals surface area (Å²) in [5, 5.41) is 16.2. The minimum atomic E-state index is -0.740. The molecule has 1 unspecified atom stereocenters. The molecule has 27 heavy (non-hydrogen) atoms. The minimum Gasteiger partial charge on any atom is -0.465 e. The maximum atomic E-state index is 14.5. The molecule has 7 nitrogen and oxygen atoms in total. The predicted molar refractivity (Wildman–Crippen MR) is 97.2 cm³/mol. The maximum Gasteiger partial charge on any atom is 0.340 e. The summed E-state index contributed by atoms with van der Waals surface area (Å²) in [6, 6.07) is 2.77. The number of nitrogens with zero attached hydrogens (tertiary/aromatic N) is 1. The van der Waals surface area contributed by atoms with Gasteiger partial charge in [-0.05, 0) is 24.8 Å². The van der Waals surface area contributed by atoms with Crippen molar-refractivity contribution in [2.24, 2.45) is 11.3 Å². The summed E-state index contributed by atoms with van der Waals surface area (Å²) in [6.07, 6.45) is 2.05. The number of hydrogen-bond donors (Lipinski definition) is 3. The molecule has 2 heterocycles. The molecule has 2 aliphatic heterocycles.